The summed E-state index contributed by atoms with van der Waals surface area (Å²) in [5.41, 5.74) is 1.17. The third-order valence-corrected chi connectivity index (χ3v) is 4.31. The molecule has 1 aliphatic heterocycles. The first-order valence-corrected chi connectivity index (χ1v) is 8.59. The van der Waals surface area contributed by atoms with E-state index in [0.717, 1.165) is 37.4 Å². The highest BCUT2D eigenvalue weighted by Gasteiger charge is 2.23. The van der Waals surface area contributed by atoms with Crippen LogP contribution in [0.1, 0.15) is 24.8 Å². The van der Waals surface area contributed by atoms with Crippen LogP contribution in [0, 0.1) is 6.92 Å². The van der Waals surface area contributed by atoms with Crippen LogP contribution in [0.3, 0.4) is 0 Å². The van der Waals surface area contributed by atoms with Crippen LogP contribution < -0.4 is 4.74 Å². The summed E-state index contributed by atoms with van der Waals surface area (Å²) in [6, 6.07) is 8.11. The molecule has 1 fully saturated rings. The third-order valence-electron chi connectivity index (χ3n) is 3.70. The molecule has 2 rings (SSSR count). The molecule has 20 heavy (non-hydrogen) atoms. The van der Waals surface area contributed by atoms with Crippen molar-refractivity contribution in [1.29, 1.82) is 0 Å². The molecule has 0 aliphatic carbocycles. The smallest absolute Gasteiger partial charge is 0.223 e. The van der Waals surface area contributed by atoms with E-state index < -0.39 is 0 Å². The van der Waals surface area contributed by atoms with Gasteiger partial charge in [0.1, 0.15) is 11.9 Å². The largest absolute Gasteiger partial charge is 0.490 e. The fraction of sp³-hybridized carbons (Fsp3) is 0.562. The summed E-state index contributed by atoms with van der Waals surface area (Å²) in [7, 11) is 0. The third kappa shape index (κ3) is 4.17. The standard InChI is InChI=1S/C16H23NO2S/c1-13-5-3-4-6-15(13)19-14-7-10-17(11-8-14)16(18)9-12-20-2/h3-6,14H,7-12H2,1-2H3. The van der Waals surface area contributed by atoms with E-state index in [4.69, 9.17) is 4.74 Å². The minimum absolute atomic E-state index is 0.237. The number of thioether (sulfide) groups is 1. The fourth-order valence-electron chi connectivity index (χ4n) is 2.44. The first-order chi connectivity index (χ1) is 9.70. The molecule has 0 bridgehead atoms. The van der Waals surface area contributed by atoms with Crippen LogP contribution in [0.15, 0.2) is 24.3 Å². The molecule has 4 heteroatoms. The summed E-state index contributed by atoms with van der Waals surface area (Å²) >= 11 is 1.73. The van der Waals surface area contributed by atoms with E-state index in [1.165, 1.54) is 5.56 Å². The molecule has 0 spiro atoms. The second-order valence-corrected chi connectivity index (χ2v) is 6.19. The number of hydrogen-bond acceptors (Lipinski definition) is 3. The topological polar surface area (TPSA) is 29.5 Å². The van der Waals surface area contributed by atoms with Gasteiger partial charge in [0.05, 0.1) is 0 Å². The molecule has 3 nitrogen and oxygen atoms in total. The molecule has 0 N–H and O–H groups in total. The van der Waals surface area contributed by atoms with Crippen molar-refractivity contribution in [2.45, 2.75) is 32.3 Å². The van der Waals surface area contributed by atoms with E-state index in [0.29, 0.717) is 6.42 Å². The van der Waals surface area contributed by atoms with Crippen LogP contribution in [0.4, 0.5) is 0 Å². The number of ether oxygens (including phenoxy) is 1. The van der Waals surface area contributed by atoms with Crippen LogP contribution >= 0.6 is 11.8 Å². The van der Waals surface area contributed by atoms with Gasteiger partial charge in [-0.05, 0) is 24.8 Å². The zero-order chi connectivity index (χ0) is 14.4. The molecular weight excluding hydrogens is 270 g/mol. The number of carbonyl (C=O) groups excluding carboxylic acids is 1. The average molecular weight is 293 g/mol. The predicted molar refractivity (Wildman–Crippen MR) is 84.4 cm³/mol. The van der Waals surface area contributed by atoms with Gasteiger partial charge in [-0.25, -0.2) is 0 Å². The highest BCUT2D eigenvalue weighted by molar-refractivity contribution is 7.98. The molecule has 1 aromatic carbocycles. The Morgan fingerprint density at radius 1 is 1.35 bits per heavy atom. The van der Waals surface area contributed by atoms with Gasteiger partial charge < -0.3 is 9.64 Å². The minimum atomic E-state index is 0.237. The van der Waals surface area contributed by atoms with E-state index in [1.54, 1.807) is 11.8 Å². The molecule has 0 radical (unpaired) electrons. The summed E-state index contributed by atoms with van der Waals surface area (Å²) in [5.74, 6) is 2.17. The van der Waals surface area contributed by atoms with Gasteiger partial charge in [-0.15, -0.1) is 0 Å². The second-order valence-electron chi connectivity index (χ2n) is 5.21. The normalized spacial score (nSPS) is 16.2. The van der Waals surface area contributed by atoms with Gasteiger partial charge in [0, 0.05) is 38.1 Å². The Morgan fingerprint density at radius 2 is 2.05 bits per heavy atom. The summed E-state index contributed by atoms with van der Waals surface area (Å²) in [6.45, 7) is 3.71. The lowest BCUT2D eigenvalue weighted by Gasteiger charge is -2.32. The van der Waals surface area contributed by atoms with E-state index in [-0.39, 0.29) is 12.0 Å². The number of aryl methyl sites for hydroxylation is 1. The number of piperidine rings is 1. The molecule has 110 valence electrons. The number of nitrogens with zero attached hydrogens (tertiary/aromatic N) is 1. The summed E-state index contributed by atoms with van der Waals surface area (Å²) in [4.78, 5) is 13.9. The summed E-state index contributed by atoms with van der Waals surface area (Å²) in [6.07, 6.45) is 4.79. The van der Waals surface area contributed by atoms with E-state index in [1.807, 2.05) is 29.4 Å². The minimum Gasteiger partial charge on any atom is -0.490 e. The SMILES string of the molecule is CSCCC(=O)N1CCC(Oc2ccccc2C)CC1. The maximum absolute atomic E-state index is 11.9. The summed E-state index contributed by atoms with van der Waals surface area (Å²) < 4.78 is 6.05. The van der Waals surface area contributed by atoms with Crippen molar-refractivity contribution < 1.29 is 9.53 Å². The van der Waals surface area contributed by atoms with Crippen molar-refractivity contribution >= 4 is 17.7 Å². The Labute approximate surface area is 125 Å². The Kier molecular flexibility index (Phi) is 5.77. The number of likely N-dealkylation sites (tertiary alicyclic amines) is 1. The second kappa shape index (κ2) is 7.58. The van der Waals surface area contributed by atoms with Gasteiger partial charge in [-0.2, -0.15) is 11.8 Å². The van der Waals surface area contributed by atoms with E-state index >= 15 is 0 Å². The average Bonchev–Trinajstić information content (AvgIpc) is 2.48. The van der Waals surface area contributed by atoms with Crippen molar-refractivity contribution in [3.8, 4) is 5.75 Å². The van der Waals surface area contributed by atoms with E-state index in [2.05, 4.69) is 13.0 Å². The first-order valence-electron chi connectivity index (χ1n) is 7.19. The number of carbonyl (C=O) groups is 1. The lowest BCUT2D eigenvalue weighted by molar-refractivity contribution is -0.132. The quantitative estimate of drug-likeness (QED) is 0.835. The molecule has 1 aromatic rings. The van der Waals surface area contributed by atoms with Gasteiger partial charge in [-0.1, -0.05) is 18.2 Å². The van der Waals surface area contributed by atoms with Crippen LogP contribution in [-0.4, -0.2) is 42.0 Å². The molecule has 1 amide bonds. The number of para-hydroxylation sites is 1. The monoisotopic (exact) mass is 293 g/mol. The van der Waals surface area contributed by atoms with Gasteiger partial charge in [0.2, 0.25) is 5.91 Å². The first kappa shape index (κ1) is 15.2. The predicted octanol–water partition coefficient (Wildman–Crippen LogP) is 3.12. The highest BCUT2D eigenvalue weighted by Crippen LogP contribution is 2.22. The molecular formula is C16H23NO2S. The van der Waals surface area contributed by atoms with Crippen molar-refractivity contribution in [2.75, 3.05) is 25.1 Å². The fourth-order valence-corrected chi connectivity index (χ4v) is 2.82. The maximum Gasteiger partial charge on any atom is 0.223 e. The Bertz CT molecular complexity index is 442. The van der Waals surface area contributed by atoms with Gasteiger partial charge >= 0.3 is 0 Å². The number of benzene rings is 1. The molecule has 0 aromatic heterocycles. The van der Waals surface area contributed by atoms with Crippen LogP contribution in [0.25, 0.3) is 0 Å². The van der Waals surface area contributed by atoms with Crippen LogP contribution in [-0.2, 0) is 4.79 Å². The molecule has 1 saturated heterocycles. The summed E-state index contributed by atoms with van der Waals surface area (Å²) in [5, 5.41) is 0. The Hall–Kier alpha value is -1.16. The van der Waals surface area contributed by atoms with Gasteiger partial charge in [-0.3, -0.25) is 4.79 Å². The van der Waals surface area contributed by atoms with Crippen molar-refractivity contribution in [3.05, 3.63) is 29.8 Å². The Balaban J connectivity index is 1.80. The zero-order valence-corrected chi connectivity index (χ0v) is 13.1. The number of hydrogen-bond donors (Lipinski definition) is 0. The lowest BCUT2D eigenvalue weighted by Crippen LogP contribution is -2.41. The number of amides is 1. The van der Waals surface area contributed by atoms with Gasteiger partial charge in [0.15, 0.2) is 0 Å². The maximum atomic E-state index is 11.9. The molecule has 0 atom stereocenters. The van der Waals surface area contributed by atoms with Crippen LogP contribution in [0.5, 0.6) is 5.75 Å². The van der Waals surface area contributed by atoms with E-state index in [9.17, 15) is 4.79 Å². The van der Waals surface area contributed by atoms with Crippen LogP contribution in [0.2, 0.25) is 0 Å². The lowest BCUT2D eigenvalue weighted by atomic mass is 10.1. The molecule has 1 heterocycles. The highest BCUT2D eigenvalue weighted by atomic mass is 32.2. The molecule has 0 unspecified atom stereocenters. The van der Waals surface area contributed by atoms with Gasteiger partial charge in [0.25, 0.3) is 0 Å². The zero-order valence-electron chi connectivity index (χ0n) is 12.3. The molecule has 1 aliphatic rings. The van der Waals surface area contributed by atoms with Crippen molar-refractivity contribution in [1.82, 2.24) is 4.90 Å². The van der Waals surface area contributed by atoms with Crippen molar-refractivity contribution in [2.24, 2.45) is 0 Å². The van der Waals surface area contributed by atoms with Crippen molar-refractivity contribution in [3.63, 3.8) is 0 Å². The Morgan fingerprint density at radius 3 is 2.70 bits per heavy atom. The molecule has 0 saturated carbocycles. The number of rotatable bonds is 5.